The molecule has 0 aromatic heterocycles. The molecular formula is C15H17NO3S. The third-order valence-electron chi connectivity index (χ3n) is 3.14. The van der Waals surface area contributed by atoms with Crippen LogP contribution in [0.4, 0.5) is 5.69 Å². The van der Waals surface area contributed by atoms with Crippen molar-refractivity contribution < 1.29 is 13.0 Å². The van der Waals surface area contributed by atoms with E-state index < -0.39 is 10.1 Å². The molecule has 20 heavy (non-hydrogen) atoms. The van der Waals surface area contributed by atoms with Crippen molar-refractivity contribution in [3.8, 4) is 11.1 Å². The van der Waals surface area contributed by atoms with Crippen LogP contribution < -0.4 is 5.73 Å². The quantitative estimate of drug-likeness (QED) is 0.670. The van der Waals surface area contributed by atoms with E-state index in [1.807, 2.05) is 24.3 Å². The fraction of sp³-hybridized carbons (Fsp3) is 0.200. The van der Waals surface area contributed by atoms with Gasteiger partial charge in [0.2, 0.25) is 0 Å². The molecule has 0 unspecified atom stereocenters. The number of nitrogens with two attached hydrogens (primary N) is 1. The van der Waals surface area contributed by atoms with Gasteiger partial charge in [-0.3, -0.25) is 4.55 Å². The zero-order valence-electron chi connectivity index (χ0n) is 11.2. The molecule has 0 radical (unpaired) electrons. The van der Waals surface area contributed by atoms with E-state index in [1.165, 1.54) is 12.1 Å². The van der Waals surface area contributed by atoms with E-state index in [-0.39, 0.29) is 4.90 Å². The van der Waals surface area contributed by atoms with Crippen LogP contribution in [0.25, 0.3) is 11.1 Å². The Morgan fingerprint density at radius 2 is 1.80 bits per heavy atom. The Morgan fingerprint density at radius 1 is 1.10 bits per heavy atom. The Labute approximate surface area is 119 Å². The summed E-state index contributed by atoms with van der Waals surface area (Å²) in [7, 11) is -4.32. The maximum atomic E-state index is 11.5. The molecule has 0 fully saturated rings. The number of benzene rings is 2. The maximum Gasteiger partial charge on any atom is 0.295 e. The summed E-state index contributed by atoms with van der Waals surface area (Å²) in [4.78, 5) is -0.152. The molecule has 2 rings (SSSR count). The highest BCUT2D eigenvalue weighted by atomic mass is 32.2. The zero-order valence-corrected chi connectivity index (χ0v) is 12.0. The Balaban J connectivity index is 2.76. The molecular weight excluding hydrogens is 274 g/mol. The second-order valence-electron chi connectivity index (χ2n) is 4.60. The summed E-state index contributed by atoms with van der Waals surface area (Å²) >= 11 is 0. The van der Waals surface area contributed by atoms with Crippen molar-refractivity contribution in [2.75, 3.05) is 5.73 Å². The monoisotopic (exact) mass is 291 g/mol. The lowest BCUT2D eigenvalue weighted by molar-refractivity contribution is 0.483. The van der Waals surface area contributed by atoms with Crippen LogP contribution in [0, 0.1) is 0 Å². The SMILES string of the molecule is CCCc1ccccc1-c1c(N)cccc1S(=O)(=O)O. The summed E-state index contributed by atoms with van der Waals surface area (Å²) in [5.41, 5.74) is 8.41. The molecule has 4 nitrogen and oxygen atoms in total. The molecule has 5 heteroatoms. The van der Waals surface area contributed by atoms with E-state index in [1.54, 1.807) is 6.07 Å². The van der Waals surface area contributed by atoms with E-state index in [2.05, 4.69) is 6.92 Å². The molecule has 3 N–H and O–H groups in total. The van der Waals surface area contributed by atoms with Crippen LogP contribution in [-0.2, 0) is 16.5 Å². The maximum absolute atomic E-state index is 11.5. The topological polar surface area (TPSA) is 80.4 Å². The smallest absolute Gasteiger partial charge is 0.295 e. The molecule has 0 saturated carbocycles. The van der Waals surface area contributed by atoms with Crippen LogP contribution in [0.1, 0.15) is 18.9 Å². The largest absolute Gasteiger partial charge is 0.398 e. The van der Waals surface area contributed by atoms with Crippen molar-refractivity contribution in [1.29, 1.82) is 0 Å². The summed E-state index contributed by atoms with van der Waals surface area (Å²) in [5, 5.41) is 0. The minimum Gasteiger partial charge on any atom is -0.398 e. The van der Waals surface area contributed by atoms with Gasteiger partial charge in [-0.1, -0.05) is 43.7 Å². The van der Waals surface area contributed by atoms with Gasteiger partial charge in [-0.15, -0.1) is 0 Å². The van der Waals surface area contributed by atoms with Crippen LogP contribution in [0.3, 0.4) is 0 Å². The molecule has 0 spiro atoms. The Kier molecular flexibility index (Phi) is 4.11. The lowest BCUT2D eigenvalue weighted by Gasteiger charge is -2.14. The highest BCUT2D eigenvalue weighted by molar-refractivity contribution is 7.86. The zero-order chi connectivity index (χ0) is 14.8. The molecule has 0 bridgehead atoms. The van der Waals surface area contributed by atoms with Gasteiger partial charge in [-0.2, -0.15) is 8.42 Å². The number of hydrogen-bond acceptors (Lipinski definition) is 3. The lowest BCUT2D eigenvalue weighted by atomic mass is 9.96. The van der Waals surface area contributed by atoms with Gasteiger partial charge in [-0.05, 0) is 29.7 Å². The normalized spacial score (nSPS) is 11.5. The number of nitrogen functional groups attached to an aromatic ring is 1. The average molecular weight is 291 g/mol. The highest BCUT2D eigenvalue weighted by Crippen LogP contribution is 2.35. The second-order valence-corrected chi connectivity index (χ2v) is 5.99. The van der Waals surface area contributed by atoms with Crippen molar-refractivity contribution in [3.63, 3.8) is 0 Å². The van der Waals surface area contributed by atoms with Crippen molar-refractivity contribution in [3.05, 3.63) is 48.0 Å². The van der Waals surface area contributed by atoms with E-state index >= 15 is 0 Å². The van der Waals surface area contributed by atoms with Crippen LogP contribution in [0.15, 0.2) is 47.4 Å². The molecule has 0 amide bonds. The lowest BCUT2D eigenvalue weighted by Crippen LogP contribution is -2.04. The fourth-order valence-corrected chi connectivity index (χ4v) is 3.04. The Morgan fingerprint density at radius 3 is 2.45 bits per heavy atom. The van der Waals surface area contributed by atoms with Gasteiger partial charge in [0.05, 0.1) is 0 Å². The molecule has 0 aliphatic heterocycles. The highest BCUT2D eigenvalue weighted by Gasteiger charge is 2.20. The van der Waals surface area contributed by atoms with Crippen LogP contribution in [0.5, 0.6) is 0 Å². The van der Waals surface area contributed by atoms with Crippen molar-refractivity contribution in [1.82, 2.24) is 0 Å². The standard InChI is InChI=1S/C15H17NO3S/c1-2-6-11-7-3-4-8-12(11)15-13(16)9-5-10-14(15)20(17,18)19/h3-5,7-10H,2,6,16H2,1H3,(H,17,18,19). The van der Waals surface area contributed by atoms with Crippen molar-refractivity contribution in [2.24, 2.45) is 0 Å². The Bertz CT molecular complexity index is 724. The third-order valence-corrected chi connectivity index (χ3v) is 4.04. The van der Waals surface area contributed by atoms with Gasteiger partial charge < -0.3 is 5.73 Å². The van der Waals surface area contributed by atoms with E-state index in [0.717, 1.165) is 24.0 Å². The van der Waals surface area contributed by atoms with Gasteiger partial charge >= 0.3 is 0 Å². The number of hydrogen-bond donors (Lipinski definition) is 2. The summed E-state index contributed by atoms with van der Waals surface area (Å²) in [6.07, 6.45) is 1.75. The predicted octanol–water partition coefficient (Wildman–Crippen LogP) is 3.14. The molecule has 2 aromatic carbocycles. The minimum atomic E-state index is -4.32. The average Bonchev–Trinajstić information content (AvgIpc) is 2.39. The van der Waals surface area contributed by atoms with Gasteiger partial charge in [-0.25, -0.2) is 0 Å². The Hall–Kier alpha value is -1.85. The molecule has 0 aliphatic rings. The number of aryl methyl sites for hydroxylation is 1. The molecule has 0 heterocycles. The van der Waals surface area contributed by atoms with Crippen LogP contribution in [0.2, 0.25) is 0 Å². The van der Waals surface area contributed by atoms with Gasteiger partial charge in [0, 0.05) is 11.3 Å². The molecule has 0 atom stereocenters. The predicted molar refractivity (Wildman–Crippen MR) is 80.1 cm³/mol. The first-order valence-corrected chi connectivity index (χ1v) is 7.83. The first-order valence-electron chi connectivity index (χ1n) is 6.39. The number of rotatable bonds is 4. The van der Waals surface area contributed by atoms with Gasteiger partial charge in [0.15, 0.2) is 0 Å². The summed E-state index contributed by atoms with van der Waals surface area (Å²) in [6, 6.07) is 12.0. The van der Waals surface area contributed by atoms with E-state index in [4.69, 9.17) is 5.73 Å². The van der Waals surface area contributed by atoms with Gasteiger partial charge in [0.25, 0.3) is 10.1 Å². The van der Waals surface area contributed by atoms with Crippen LogP contribution in [-0.4, -0.2) is 13.0 Å². The molecule has 106 valence electrons. The fourth-order valence-electron chi connectivity index (χ4n) is 2.30. The molecule has 0 saturated heterocycles. The summed E-state index contributed by atoms with van der Waals surface area (Å²) in [5.74, 6) is 0. The van der Waals surface area contributed by atoms with Gasteiger partial charge in [0.1, 0.15) is 4.90 Å². The first-order chi connectivity index (χ1) is 9.45. The van der Waals surface area contributed by atoms with Crippen molar-refractivity contribution >= 4 is 15.8 Å². The third kappa shape index (κ3) is 2.84. The first kappa shape index (κ1) is 14.6. The van der Waals surface area contributed by atoms with E-state index in [9.17, 15) is 13.0 Å². The summed E-state index contributed by atoms with van der Waals surface area (Å²) in [6.45, 7) is 2.05. The number of anilines is 1. The van der Waals surface area contributed by atoms with E-state index in [0.29, 0.717) is 11.3 Å². The summed E-state index contributed by atoms with van der Waals surface area (Å²) < 4.78 is 32.5. The molecule has 0 aliphatic carbocycles. The van der Waals surface area contributed by atoms with Crippen LogP contribution >= 0.6 is 0 Å². The second kappa shape index (κ2) is 5.64. The minimum absolute atomic E-state index is 0.152. The molecule has 2 aromatic rings. The van der Waals surface area contributed by atoms with Crippen molar-refractivity contribution in [2.45, 2.75) is 24.7 Å².